The van der Waals surface area contributed by atoms with E-state index in [0.29, 0.717) is 4.68 Å². The maximum Gasteiger partial charge on any atom is 0.435 e. The molecule has 3 rings (SSSR count). The highest BCUT2D eigenvalue weighted by Crippen LogP contribution is 2.32. The topological polar surface area (TPSA) is 59.8 Å². The third-order valence-electron chi connectivity index (χ3n) is 3.45. The van der Waals surface area contributed by atoms with Crippen LogP contribution in [0.5, 0.6) is 0 Å². The van der Waals surface area contributed by atoms with Crippen LogP contribution in [0.25, 0.3) is 5.69 Å². The molecule has 0 aliphatic heterocycles. The zero-order valence-electron chi connectivity index (χ0n) is 12.9. The maximum atomic E-state index is 13.5. The minimum Gasteiger partial charge on any atom is -0.346 e. The highest BCUT2D eigenvalue weighted by atomic mass is 19.4. The van der Waals surface area contributed by atoms with Gasteiger partial charge in [-0.05, 0) is 17.7 Å². The van der Waals surface area contributed by atoms with E-state index in [9.17, 15) is 18.0 Å². The first-order valence-electron chi connectivity index (χ1n) is 7.37. The number of amides is 1. The summed E-state index contributed by atoms with van der Waals surface area (Å²) in [6.45, 7) is 0.0924. The third kappa shape index (κ3) is 3.68. The molecule has 0 radical (unpaired) electrons. The molecule has 0 fully saturated rings. The van der Waals surface area contributed by atoms with E-state index in [4.69, 9.17) is 0 Å². The van der Waals surface area contributed by atoms with Crippen LogP contribution in [0.4, 0.5) is 13.2 Å². The summed E-state index contributed by atoms with van der Waals surface area (Å²) in [5.74, 6) is -0.932. The Morgan fingerprint density at radius 3 is 2.20 bits per heavy atom. The summed E-state index contributed by atoms with van der Waals surface area (Å²) in [5.41, 5.74) is -1.03. The number of carbonyl (C=O) groups excluding carboxylic acids is 1. The summed E-state index contributed by atoms with van der Waals surface area (Å²) in [6.07, 6.45) is -4.78. The average molecular weight is 346 g/mol. The highest BCUT2D eigenvalue weighted by molar-refractivity contribution is 5.93. The number of benzene rings is 2. The number of nitrogens with zero attached hydrogens (tertiary/aromatic N) is 3. The summed E-state index contributed by atoms with van der Waals surface area (Å²) in [6, 6.07) is 16.6. The molecule has 5 nitrogen and oxygen atoms in total. The molecule has 25 heavy (non-hydrogen) atoms. The van der Waals surface area contributed by atoms with Crippen molar-refractivity contribution in [2.24, 2.45) is 0 Å². The Labute approximate surface area is 141 Å². The van der Waals surface area contributed by atoms with Gasteiger partial charge in [0.05, 0.1) is 5.69 Å². The smallest absolute Gasteiger partial charge is 0.346 e. The summed E-state index contributed by atoms with van der Waals surface area (Å²) in [7, 11) is 0. The molecule has 0 aliphatic rings. The quantitative estimate of drug-likeness (QED) is 0.789. The molecule has 2 aromatic carbocycles. The van der Waals surface area contributed by atoms with Gasteiger partial charge in [0.2, 0.25) is 0 Å². The molecule has 0 atom stereocenters. The van der Waals surface area contributed by atoms with E-state index >= 15 is 0 Å². The van der Waals surface area contributed by atoms with Crippen LogP contribution >= 0.6 is 0 Å². The zero-order valence-corrected chi connectivity index (χ0v) is 12.9. The number of hydrogen-bond acceptors (Lipinski definition) is 3. The lowest BCUT2D eigenvalue weighted by atomic mass is 10.2. The predicted molar refractivity (Wildman–Crippen MR) is 84.0 cm³/mol. The van der Waals surface area contributed by atoms with Crippen molar-refractivity contribution in [3.63, 3.8) is 0 Å². The van der Waals surface area contributed by atoms with Gasteiger partial charge in [0.1, 0.15) is 0 Å². The van der Waals surface area contributed by atoms with Crippen LogP contribution in [-0.2, 0) is 12.7 Å². The van der Waals surface area contributed by atoms with Crippen LogP contribution in [0.3, 0.4) is 0 Å². The van der Waals surface area contributed by atoms with Crippen molar-refractivity contribution < 1.29 is 18.0 Å². The van der Waals surface area contributed by atoms with Crippen LogP contribution in [0.1, 0.15) is 21.7 Å². The molecule has 0 bridgehead atoms. The predicted octanol–water partition coefficient (Wildman–Crippen LogP) is 3.22. The van der Waals surface area contributed by atoms with Gasteiger partial charge < -0.3 is 5.32 Å². The second kappa shape index (κ2) is 6.76. The van der Waals surface area contributed by atoms with Gasteiger partial charge >= 0.3 is 6.18 Å². The number of alkyl halides is 3. The molecule has 3 aromatic rings. The van der Waals surface area contributed by atoms with Gasteiger partial charge in [-0.2, -0.15) is 13.2 Å². The number of halogens is 3. The van der Waals surface area contributed by atoms with Gasteiger partial charge in [-0.25, -0.2) is 4.68 Å². The van der Waals surface area contributed by atoms with E-state index in [0.717, 1.165) is 5.56 Å². The first-order chi connectivity index (χ1) is 12.0. The molecule has 1 amide bonds. The van der Waals surface area contributed by atoms with Gasteiger partial charge in [0.15, 0.2) is 11.4 Å². The van der Waals surface area contributed by atoms with Crippen molar-refractivity contribution in [1.82, 2.24) is 20.3 Å². The fourth-order valence-corrected chi connectivity index (χ4v) is 2.30. The van der Waals surface area contributed by atoms with Crippen molar-refractivity contribution in [2.75, 3.05) is 0 Å². The fourth-order valence-electron chi connectivity index (χ4n) is 2.30. The molecular formula is C17H13F3N4O. The van der Waals surface area contributed by atoms with Crippen LogP contribution in [0.15, 0.2) is 60.7 Å². The molecule has 1 aromatic heterocycles. The number of para-hydroxylation sites is 1. The number of rotatable bonds is 4. The molecule has 0 saturated carbocycles. The first kappa shape index (κ1) is 16.7. The molecule has 0 saturated heterocycles. The van der Waals surface area contributed by atoms with Crippen LogP contribution in [-0.4, -0.2) is 20.9 Å². The van der Waals surface area contributed by atoms with Crippen molar-refractivity contribution >= 4 is 5.91 Å². The van der Waals surface area contributed by atoms with E-state index in [1.807, 2.05) is 0 Å². The highest BCUT2D eigenvalue weighted by Gasteiger charge is 2.41. The Hall–Kier alpha value is -3.16. The Balaban J connectivity index is 1.91. The molecule has 1 N–H and O–H groups in total. The second-order valence-electron chi connectivity index (χ2n) is 5.20. The van der Waals surface area contributed by atoms with Crippen molar-refractivity contribution in [3.05, 3.63) is 77.6 Å². The van der Waals surface area contributed by atoms with Gasteiger partial charge in [-0.3, -0.25) is 4.79 Å². The largest absolute Gasteiger partial charge is 0.435 e. The first-order valence-corrected chi connectivity index (χ1v) is 7.37. The lowest BCUT2D eigenvalue weighted by Crippen LogP contribution is -2.27. The van der Waals surface area contributed by atoms with E-state index in [2.05, 4.69) is 15.6 Å². The molecule has 0 aliphatic carbocycles. The Kier molecular flexibility index (Phi) is 4.51. The number of hydrogen-bond donors (Lipinski definition) is 1. The molecular weight excluding hydrogens is 333 g/mol. The number of nitrogens with one attached hydrogen (secondary N) is 1. The fraction of sp³-hybridized carbons (Fsp3) is 0.118. The minimum atomic E-state index is -4.78. The Morgan fingerprint density at radius 2 is 1.60 bits per heavy atom. The Morgan fingerprint density at radius 1 is 1.00 bits per heavy atom. The SMILES string of the molecule is O=C(NCc1ccccc1)c1nnn(-c2ccccc2)c1C(F)(F)F. The van der Waals surface area contributed by atoms with Gasteiger partial charge in [-0.15, -0.1) is 5.10 Å². The lowest BCUT2D eigenvalue weighted by Gasteiger charge is -2.11. The van der Waals surface area contributed by atoms with Crippen molar-refractivity contribution in [3.8, 4) is 5.69 Å². The molecule has 1 heterocycles. The third-order valence-corrected chi connectivity index (χ3v) is 3.45. The zero-order chi connectivity index (χ0) is 17.9. The normalized spacial score (nSPS) is 11.3. The summed E-state index contributed by atoms with van der Waals surface area (Å²) >= 11 is 0. The molecule has 0 spiro atoms. The minimum absolute atomic E-state index is 0.0924. The average Bonchev–Trinajstić information content (AvgIpc) is 3.07. The van der Waals surface area contributed by atoms with Crippen LogP contribution in [0.2, 0.25) is 0 Å². The summed E-state index contributed by atoms with van der Waals surface area (Å²) in [4.78, 5) is 12.2. The van der Waals surface area contributed by atoms with Gasteiger partial charge in [0.25, 0.3) is 5.91 Å². The van der Waals surface area contributed by atoms with E-state index in [1.165, 1.54) is 12.1 Å². The lowest BCUT2D eigenvalue weighted by molar-refractivity contribution is -0.143. The van der Waals surface area contributed by atoms with Gasteiger partial charge in [0, 0.05) is 6.54 Å². The van der Waals surface area contributed by atoms with Crippen molar-refractivity contribution in [2.45, 2.75) is 12.7 Å². The summed E-state index contributed by atoms with van der Waals surface area (Å²) in [5, 5.41) is 9.40. The second-order valence-corrected chi connectivity index (χ2v) is 5.20. The van der Waals surface area contributed by atoms with E-state index in [-0.39, 0.29) is 12.2 Å². The standard InChI is InChI=1S/C17H13F3N4O/c18-17(19,20)15-14(16(25)21-11-12-7-3-1-4-8-12)22-23-24(15)13-9-5-2-6-10-13/h1-10H,11H2,(H,21,25). The Bertz CT molecular complexity index is 861. The van der Waals surface area contributed by atoms with Gasteiger partial charge in [-0.1, -0.05) is 53.7 Å². The number of aromatic nitrogens is 3. The number of carbonyl (C=O) groups is 1. The molecule has 128 valence electrons. The molecule has 0 unspecified atom stereocenters. The summed E-state index contributed by atoms with van der Waals surface area (Å²) < 4.78 is 41.0. The molecule has 8 heteroatoms. The van der Waals surface area contributed by atoms with E-state index in [1.54, 1.807) is 48.5 Å². The van der Waals surface area contributed by atoms with E-state index < -0.39 is 23.5 Å². The maximum absolute atomic E-state index is 13.5. The monoisotopic (exact) mass is 346 g/mol. The van der Waals surface area contributed by atoms with Crippen molar-refractivity contribution in [1.29, 1.82) is 0 Å². The van der Waals surface area contributed by atoms with Crippen LogP contribution in [0, 0.1) is 0 Å². The van der Waals surface area contributed by atoms with Crippen LogP contribution < -0.4 is 5.32 Å².